The minimum Gasteiger partial charge on any atom is -0.378 e. The average molecular weight is 324 g/mol. The van der Waals surface area contributed by atoms with Gasteiger partial charge >= 0.3 is 0 Å². The molecule has 0 saturated carbocycles. The van der Waals surface area contributed by atoms with Gasteiger partial charge in [0.05, 0.1) is 19.5 Å². The van der Waals surface area contributed by atoms with Crippen LogP contribution < -0.4 is 16.6 Å². The fraction of sp³-hybridized carbons (Fsp3) is 0.500. The summed E-state index contributed by atoms with van der Waals surface area (Å²) < 4.78 is 5.72. The third-order valence-corrected chi connectivity index (χ3v) is 2.60. The third-order valence-electron chi connectivity index (χ3n) is 1.60. The van der Waals surface area contributed by atoms with Crippen molar-refractivity contribution >= 4 is 28.4 Å². The Hall–Kier alpha value is -0.670. The van der Waals surface area contributed by atoms with Crippen molar-refractivity contribution in [3.05, 3.63) is 20.3 Å². The number of rotatable bonds is 6. The number of anilines is 1. The van der Waals surface area contributed by atoms with Crippen molar-refractivity contribution < 1.29 is 4.74 Å². The van der Waals surface area contributed by atoms with E-state index in [1.807, 2.05) is 22.6 Å². The summed E-state index contributed by atoms with van der Waals surface area (Å²) in [5.41, 5.74) is 5.12. The van der Waals surface area contributed by atoms with E-state index < -0.39 is 0 Å². The molecule has 1 heterocycles. The van der Waals surface area contributed by atoms with Gasteiger partial charge in [-0.25, -0.2) is 4.98 Å². The third kappa shape index (κ3) is 4.14. The molecule has 0 aromatic carbocycles. The fourth-order valence-electron chi connectivity index (χ4n) is 0.933. The number of hydrogen-bond acceptors (Lipinski definition) is 5. The maximum atomic E-state index is 11.2. The zero-order valence-electron chi connectivity index (χ0n) is 8.12. The Morgan fingerprint density at radius 2 is 2.40 bits per heavy atom. The minimum atomic E-state index is -0.143. The summed E-state index contributed by atoms with van der Waals surface area (Å²) in [7, 11) is 0. The number of H-pyrrole nitrogens is 1. The summed E-state index contributed by atoms with van der Waals surface area (Å²) >= 11 is 1.94. The van der Waals surface area contributed by atoms with Gasteiger partial charge in [-0.1, -0.05) is 0 Å². The van der Waals surface area contributed by atoms with Crippen LogP contribution in [-0.4, -0.2) is 36.3 Å². The van der Waals surface area contributed by atoms with E-state index in [0.29, 0.717) is 35.7 Å². The number of halogens is 1. The van der Waals surface area contributed by atoms with Gasteiger partial charge in [-0.2, -0.15) is 0 Å². The Bertz CT molecular complexity index is 355. The van der Waals surface area contributed by atoms with Gasteiger partial charge in [-0.3, -0.25) is 4.79 Å². The number of nitrogens with two attached hydrogens (primary N) is 1. The van der Waals surface area contributed by atoms with Crippen molar-refractivity contribution in [3.8, 4) is 0 Å². The summed E-state index contributed by atoms with van der Waals surface area (Å²) in [6, 6.07) is 0. The van der Waals surface area contributed by atoms with Gasteiger partial charge in [0.15, 0.2) is 0 Å². The first-order chi connectivity index (χ1) is 7.25. The van der Waals surface area contributed by atoms with E-state index in [1.54, 1.807) is 0 Å². The lowest BCUT2D eigenvalue weighted by atomic mass is 10.5. The first-order valence-electron chi connectivity index (χ1n) is 4.50. The van der Waals surface area contributed by atoms with Crippen LogP contribution in [0, 0.1) is 3.57 Å². The number of ether oxygens (including phenoxy) is 1. The smallest absolute Gasteiger partial charge is 0.266 e. The van der Waals surface area contributed by atoms with Gasteiger partial charge in [-0.05, 0) is 22.6 Å². The Morgan fingerprint density at radius 3 is 3.13 bits per heavy atom. The molecule has 0 unspecified atom stereocenters. The normalized spacial score (nSPS) is 10.3. The molecule has 0 spiro atoms. The summed E-state index contributed by atoms with van der Waals surface area (Å²) in [4.78, 5) is 17.7. The van der Waals surface area contributed by atoms with Crippen LogP contribution in [0.3, 0.4) is 0 Å². The molecule has 0 amide bonds. The van der Waals surface area contributed by atoms with Crippen molar-refractivity contribution in [2.75, 3.05) is 31.6 Å². The molecule has 0 aliphatic heterocycles. The van der Waals surface area contributed by atoms with Crippen LogP contribution in [-0.2, 0) is 4.74 Å². The molecule has 1 rings (SSSR count). The molecule has 15 heavy (non-hydrogen) atoms. The second-order valence-electron chi connectivity index (χ2n) is 2.72. The lowest BCUT2D eigenvalue weighted by molar-refractivity contribution is 0.151. The van der Waals surface area contributed by atoms with E-state index in [9.17, 15) is 4.79 Å². The largest absolute Gasteiger partial charge is 0.378 e. The Labute approximate surface area is 101 Å². The van der Waals surface area contributed by atoms with Gasteiger partial charge in [0, 0.05) is 13.1 Å². The molecule has 84 valence electrons. The average Bonchev–Trinajstić information content (AvgIpc) is 2.24. The van der Waals surface area contributed by atoms with Crippen LogP contribution in [0.15, 0.2) is 11.1 Å². The van der Waals surface area contributed by atoms with Crippen LogP contribution >= 0.6 is 22.6 Å². The molecular weight excluding hydrogens is 311 g/mol. The van der Waals surface area contributed by atoms with Crippen LogP contribution in [0.2, 0.25) is 0 Å². The number of hydrogen-bond donors (Lipinski definition) is 3. The lowest BCUT2D eigenvalue weighted by Crippen LogP contribution is -2.18. The molecule has 4 N–H and O–H groups in total. The standard InChI is InChI=1S/C8H13IN4O2/c9-6-7(12-5-13-8(6)14)11-2-4-15-3-1-10/h5H,1-4,10H2,(H2,11,12,13,14). The first kappa shape index (κ1) is 12.4. The predicted octanol–water partition coefficient (Wildman–Crippen LogP) is -0.238. The summed E-state index contributed by atoms with van der Waals surface area (Å²) in [6.07, 6.45) is 1.37. The molecule has 0 atom stereocenters. The number of aromatic nitrogens is 2. The second-order valence-corrected chi connectivity index (χ2v) is 3.80. The first-order valence-corrected chi connectivity index (χ1v) is 5.58. The zero-order chi connectivity index (χ0) is 11.1. The van der Waals surface area contributed by atoms with Gasteiger partial charge in [0.1, 0.15) is 9.39 Å². The summed E-state index contributed by atoms with van der Waals surface area (Å²) in [5, 5.41) is 3.01. The van der Waals surface area contributed by atoms with Crippen LogP contribution in [0.25, 0.3) is 0 Å². The highest BCUT2D eigenvalue weighted by atomic mass is 127. The Balaban J connectivity index is 2.38. The molecule has 0 radical (unpaired) electrons. The maximum absolute atomic E-state index is 11.2. The van der Waals surface area contributed by atoms with Crippen molar-refractivity contribution in [1.82, 2.24) is 9.97 Å². The highest BCUT2D eigenvalue weighted by Gasteiger charge is 2.03. The van der Waals surface area contributed by atoms with Crippen LogP contribution in [0.5, 0.6) is 0 Å². The quantitative estimate of drug-likeness (QED) is 0.496. The van der Waals surface area contributed by atoms with E-state index in [0.717, 1.165) is 0 Å². The number of nitrogens with one attached hydrogen (secondary N) is 2. The highest BCUT2D eigenvalue weighted by Crippen LogP contribution is 2.07. The number of aromatic amines is 1. The molecule has 6 nitrogen and oxygen atoms in total. The molecule has 0 bridgehead atoms. The molecular formula is C8H13IN4O2. The van der Waals surface area contributed by atoms with Gasteiger partial charge in [0.2, 0.25) is 0 Å². The van der Waals surface area contributed by atoms with E-state index in [4.69, 9.17) is 10.5 Å². The highest BCUT2D eigenvalue weighted by molar-refractivity contribution is 14.1. The minimum absolute atomic E-state index is 0.143. The lowest BCUT2D eigenvalue weighted by Gasteiger charge is -2.06. The van der Waals surface area contributed by atoms with Gasteiger partial charge in [-0.15, -0.1) is 0 Å². The van der Waals surface area contributed by atoms with E-state index in [-0.39, 0.29) is 5.56 Å². The van der Waals surface area contributed by atoms with Crippen LogP contribution in [0.1, 0.15) is 0 Å². The predicted molar refractivity (Wildman–Crippen MR) is 65.9 cm³/mol. The van der Waals surface area contributed by atoms with E-state index in [1.165, 1.54) is 6.33 Å². The molecule has 0 aliphatic carbocycles. The summed E-state index contributed by atoms with van der Waals surface area (Å²) in [5.74, 6) is 0.579. The molecule has 0 saturated heterocycles. The molecule has 0 fully saturated rings. The second kappa shape index (κ2) is 6.75. The van der Waals surface area contributed by atoms with Crippen molar-refractivity contribution in [3.63, 3.8) is 0 Å². The monoisotopic (exact) mass is 324 g/mol. The Morgan fingerprint density at radius 1 is 1.60 bits per heavy atom. The molecule has 1 aromatic rings. The zero-order valence-corrected chi connectivity index (χ0v) is 10.3. The van der Waals surface area contributed by atoms with Gasteiger partial charge < -0.3 is 20.8 Å². The van der Waals surface area contributed by atoms with E-state index in [2.05, 4.69) is 15.3 Å². The van der Waals surface area contributed by atoms with Gasteiger partial charge in [0.25, 0.3) is 5.56 Å². The topological polar surface area (TPSA) is 93.0 Å². The number of nitrogens with zero attached hydrogens (tertiary/aromatic N) is 1. The van der Waals surface area contributed by atoms with Crippen molar-refractivity contribution in [2.45, 2.75) is 0 Å². The Kier molecular flexibility index (Phi) is 5.58. The van der Waals surface area contributed by atoms with Crippen molar-refractivity contribution in [2.24, 2.45) is 5.73 Å². The summed E-state index contributed by atoms with van der Waals surface area (Å²) in [6.45, 7) is 2.20. The molecule has 1 aromatic heterocycles. The van der Waals surface area contributed by atoms with Crippen molar-refractivity contribution in [1.29, 1.82) is 0 Å². The molecule has 0 aliphatic rings. The maximum Gasteiger partial charge on any atom is 0.266 e. The fourth-order valence-corrected chi connectivity index (χ4v) is 1.42. The van der Waals surface area contributed by atoms with E-state index >= 15 is 0 Å². The molecule has 7 heteroatoms. The SMILES string of the molecule is NCCOCCNc1nc[nH]c(=O)c1I. The van der Waals surface area contributed by atoms with Crippen LogP contribution in [0.4, 0.5) is 5.82 Å².